The van der Waals surface area contributed by atoms with Crippen LogP contribution in [0.15, 0.2) is 0 Å². The zero-order valence-corrected chi connectivity index (χ0v) is 12.8. The van der Waals surface area contributed by atoms with E-state index in [-0.39, 0.29) is 0 Å². The molecule has 0 aromatic rings. The SMILES string of the molecule is CCCCCCCCCPPCCCC. The highest BCUT2D eigenvalue weighted by Gasteiger charge is 1.91. The van der Waals surface area contributed by atoms with Crippen molar-refractivity contribution in [2.24, 2.45) is 0 Å². The predicted molar refractivity (Wildman–Crippen MR) is 79.3 cm³/mol. The summed E-state index contributed by atoms with van der Waals surface area (Å²) >= 11 is 0. The van der Waals surface area contributed by atoms with Gasteiger partial charge in [0.2, 0.25) is 0 Å². The van der Waals surface area contributed by atoms with E-state index in [4.69, 9.17) is 0 Å². The maximum atomic E-state index is 2.30. The summed E-state index contributed by atoms with van der Waals surface area (Å²) in [6.07, 6.45) is 16.1. The van der Waals surface area contributed by atoms with Crippen LogP contribution in [0.5, 0.6) is 0 Å². The van der Waals surface area contributed by atoms with Crippen molar-refractivity contribution in [3.8, 4) is 0 Å². The fraction of sp³-hybridized carbons (Fsp3) is 1.00. The van der Waals surface area contributed by atoms with Crippen LogP contribution in [-0.4, -0.2) is 12.3 Å². The Labute approximate surface area is 101 Å². The Kier molecular flexibility index (Phi) is 15.7. The van der Waals surface area contributed by atoms with E-state index in [0.29, 0.717) is 0 Å². The van der Waals surface area contributed by atoms with Crippen LogP contribution in [0.3, 0.4) is 0 Å². The smallest absolute Gasteiger partial charge is 0.0317 e. The van der Waals surface area contributed by atoms with Gasteiger partial charge in [-0.3, -0.25) is 0 Å². The normalized spacial score (nSPS) is 12.4. The van der Waals surface area contributed by atoms with Crippen LogP contribution in [0, 0.1) is 0 Å². The average Bonchev–Trinajstić information content (AvgIpc) is 2.26. The lowest BCUT2D eigenvalue weighted by atomic mass is 10.1. The first-order chi connectivity index (χ1) is 7.41. The first kappa shape index (κ1) is 15.9. The molecule has 0 aromatic carbocycles. The minimum absolute atomic E-state index is 1.28. The van der Waals surface area contributed by atoms with Gasteiger partial charge in [0.1, 0.15) is 0 Å². The Morgan fingerprint density at radius 1 is 0.533 bits per heavy atom. The molecule has 2 atom stereocenters. The van der Waals surface area contributed by atoms with E-state index in [1.165, 1.54) is 86.6 Å². The summed E-state index contributed by atoms with van der Waals surface area (Å²) in [4.78, 5) is 0. The van der Waals surface area contributed by atoms with Crippen LogP contribution in [0.4, 0.5) is 0 Å². The van der Waals surface area contributed by atoms with Crippen LogP contribution in [-0.2, 0) is 0 Å². The molecule has 0 saturated carbocycles. The summed E-state index contributed by atoms with van der Waals surface area (Å²) in [5.74, 6) is 0. The minimum Gasteiger partial charge on any atom is -0.0992 e. The van der Waals surface area contributed by atoms with E-state index in [0.717, 1.165) is 0 Å². The highest BCUT2D eigenvalue weighted by atomic mass is 32.0. The molecule has 2 unspecified atom stereocenters. The topological polar surface area (TPSA) is 0 Å². The Hall–Kier alpha value is 0.860. The monoisotopic (exact) mass is 248 g/mol. The maximum absolute atomic E-state index is 2.30. The molecule has 0 aromatic heterocycles. The number of unbranched alkanes of at least 4 members (excludes halogenated alkanes) is 7. The van der Waals surface area contributed by atoms with Gasteiger partial charge in [-0.25, -0.2) is 0 Å². The molecule has 0 nitrogen and oxygen atoms in total. The van der Waals surface area contributed by atoms with Gasteiger partial charge in [-0.1, -0.05) is 75.3 Å². The zero-order chi connectivity index (χ0) is 11.2. The van der Waals surface area contributed by atoms with E-state index in [9.17, 15) is 0 Å². The van der Waals surface area contributed by atoms with Crippen molar-refractivity contribution in [2.75, 3.05) is 12.3 Å². The Morgan fingerprint density at radius 2 is 1.00 bits per heavy atom. The molecule has 0 aliphatic rings. The molecule has 0 N–H and O–H groups in total. The molecule has 0 rings (SSSR count). The fourth-order valence-electron chi connectivity index (χ4n) is 1.61. The van der Waals surface area contributed by atoms with Crippen LogP contribution >= 0.6 is 16.5 Å². The summed E-state index contributed by atoms with van der Waals surface area (Å²) in [5, 5.41) is 0. The molecule has 0 aliphatic heterocycles. The number of hydrogen-bond acceptors (Lipinski definition) is 0. The van der Waals surface area contributed by atoms with Crippen molar-refractivity contribution in [3.05, 3.63) is 0 Å². The highest BCUT2D eigenvalue weighted by Crippen LogP contribution is 2.38. The van der Waals surface area contributed by atoms with Gasteiger partial charge in [-0.05, 0) is 25.2 Å². The number of rotatable bonds is 12. The molecule has 0 aliphatic carbocycles. The van der Waals surface area contributed by atoms with Crippen molar-refractivity contribution in [3.63, 3.8) is 0 Å². The van der Waals surface area contributed by atoms with E-state index >= 15 is 0 Å². The quantitative estimate of drug-likeness (QED) is 0.302. The summed E-state index contributed by atoms with van der Waals surface area (Å²) in [6, 6.07) is 0. The standard InChI is InChI=1S/C13H30P2/c1-3-5-7-8-9-10-11-13-15-14-12-6-4-2/h14-15H,3-13H2,1-2H3. The molecule has 0 spiro atoms. The highest BCUT2D eigenvalue weighted by molar-refractivity contribution is 8.11. The van der Waals surface area contributed by atoms with Crippen molar-refractivity contribution in [2.45, 2.75) is 71.6 Å². The van der Waals surface area contributed by atoms with Gasteiger partial charge >= 0.3 is 0 Å². The molecule has 0 amide bonds. The molecule has 0 bridgehead atoms. The fourth-order valence-corrected chi connectivity index (χ4v) is 5.04. The Morgan fingerprint density at radius 3 is 1.60 bits per heavy atom. The van der Waals surface area contributed by atoms with E-state index in [1.54, 1.807) is 0 Å². The minimum atomic E-state index is 1.28. The Balaban J connectivity index is 2.81. The van der Waals surface area contributed by atoms with E-state index in [2.05, 4.69) is 13.8 Å². The van der Waals surface area contributed by atoms with Crippen molar-refractivity contribution in [1.29, 1.82) is 0 Å². The first-order valence-electron chi connectivity index (χ1n) is 6.87. The third-order valence-electron chi connectivity index (χ3n) is 2.69. The summed E-state index contributed by atoms with van der Waals surface area (Å²) in [6.45, 7) is 4.59. The van der Waals surface area contributed by atoms with Gasteiger partial charge in [0.25, 0.3) is 0 Å². The molecule has 0 fully saturated rings. The van der Waals surface area contributed by atoms with Gasteiger partial charge in [0.15, 0.2) is 0 Å². The second kappa shape index (κ2) is 14.9. The third kappa shape index (κ3) is 14.9. The maximum Gasteiger partial charge on any atom is -0.0317 e. The molecular weight excluding hydrogens is 218 g/mol. The lowest BCUT2D eigenvalue weighted by Crippen LogP contribution is -1.80. The molecule has 0 heterocycles. The lowest BCUT2D eigenvalue weighted by Gasteiger charge is -2.02. The molecular formula is C13H30P2. The molecule has 0 radical (unpaired) electrons. The predicted octanol–water partition coefficient (Wildman–Crippen LogP) is 5.81. The second-order valence-corrected chi connectivity index (χ2v) is 8.16. The van der Waals surface area contributed by atoms with Crippen LogP contribution in [0.1, 0.15) is 71.6 Å². The van der Waals surface area contributed by atoms with Crippen LogP contribution in [0.2, 0.25) is 0 Å². The average molecular weight is 248 g/mol. The first-order valence-corrected chi connectivity index (χ1v) is 10.3. The van der Waals surface area contributed by atoms with E-state index < -0.39 is 0 Å². The summed E-state index contributed by atoms with van der Waals surface area (Å²) in [5.41, 5.74) is 0. The van der Waals surface area contributed by atoms with E-state index in [1.807, 2.05) is 0 Å². The van der Waals surface area contributed by atoms with Crippen LogP contribution in [0.25, 0.3) is 0 Å². The Bertz CT molecular complexity index is 92.7. The summed E-state index contributed by atoms with van der Waals surface area (Å²) < 4.78 is 0. The molecule has 2 heteroatoms. The van der Waals surface area contributed by atoms with Gasteiger partial charge in [0.05, 0.1) is 0 Å². The van der Waals surface area contributed by atoms with Gasteiger partial charge in [-0.2, -0.15) is 0 Å². The van der Waals surface area contributed by atoms with Crippen LogP contribution < -0.4 is 0 Å². The molecule has 92 valence electrons. The third-order valence-corrected chi connectivity index (χ3v) is 6.39. The molecule has 15 heavy (non-hydrogen) atoms. The van der Waals surface area contributed by atoms with Crippen molar-refractivity contribution >= 4 is 16.5 Å². The van der Waals surface area contributed by atoms with Gasteiger partial charge < -0.3 is 0 Å². The molecule has 0 saturated heterocycles. The second-order valence-electron chi connectivity index (χ2n) is 4.33. The van der Waals surface area contributed by atoms with Crippen molar-refractivity contribution in [1.82, 2.24) is 0 Å². The van der Waals surface area contributed by atoms with Gasteiger partial charge in [0, 0.05) is 0 Å². The van der Waals surface area contributed by atoms with Gasteiger partial charge in [-0.15, -0.1) is 0 Å². The zero-order valence-electron chi connectivity index (χ0n) is 10.8. The van der Waals surface area contributed by atoms with Crippen molar-refractivity contribution < 1.29 is 0 Å². The largest absolute Gasteiger partial charge is 0.0992 e. The lowest BCUT2D eigenvalue weighted by molar-refractivity contribution is 0.603. The summed E-state index contributed by atoms with van der Waals surface area (Å²) in [7, 11) is 2.56. The number of hydrogen-bond donors (Lipinski definition) is 0.